The third-order valence-electron chi connectivity index (χ3n) is 6.60. The molecule has 2 heterocycles. The van der Waals surface area contributed by atoms with Gasteiger partial charge in [0.25, 0.3) is 0 Å². The van der Waals surface area contributed by atoms with Crippen molar-refractivity contribution in [2.24, 2.45) is 5.92 Å². The van der Waals surface area contributed by atoms with E-state index in [-0.39, 0.29) is 48.3 Å². The van der Waals surface area contributed by atoms with Crippen molar-refractivity contribution in [1.29, 1.82) is 0 Å². The lowest BCUT2D eigenvalue weighted by Crippen LogP contribution is -2.48. The number of carbonyl (C=O) groups excluding carboxylic acids is 1. The first kappa shape index (κ1) is 28.1. The number of carbonyl (C=O) groups is 1. The number of benzene rings is 2. The Bertz CT molecular complexity index is 1320. The van der Waals surface area contributed by atoms with Crippen LogP contribution in [0.15, 0.2) is 64.9 Å². The zero-order valence-electron chi connectivity index (χ0n) is 21.8. The summed E-state index contributed by atoms with van der Waals surface area (Å²) in [4.78, 5) is 16.7. The number of thiophene rings is 1. The predicted octanol–water partition coefficient (Wildman–Crippen LogP) is 5.14. The fourth-order valence-electron chi connectivity index (χ4n) is 4.41. The lowest BCUT2D eigenvalue weighted by atomic mass is 10.0. The number of ether oxygens (including phenoxy) is 2. The van der Waals surface area contributed by atoms with E-state index in [1.807, 2.05) is 25.3 Å². The van der Waals surface area contributed by atoms with Crippen LogP contribution in [0, 0.1) is 11.7 Å². The number of nitrogens with zero attached hydrogens (tertiary/aromatic N) is 2. The van der Waals surface area contributed by atoms with Gasteiger partial charge in [-0.25, -0.2) is 12.8 Å². The summed E-state index contributed by atoms with van der Waals surface area (Å²) in [5, 5.41) is 1.99. The van der Waals surface area contributed by atoms with Gasteiger partial charge < -0.3 is 14.4 Å². The zero-order valence-corrected chi connectivity index (χ0v) is 23.4. The number of hydrogen-bond donors (Lipinski definition) is 0. The van der Waals surface area contributed by atoms with Crippen molar-refractivity contribution in [2.75, 3.05) is 33.4 Å². The molecule has 10 heteroatoms. The Labute approximate surface area is 227 Å². The fourth-order valence-corrected chi connectivity index (χ4v) is 6.74. The molecule has 0 saturated heterocycles. The van der Waals surface area contributed by atoms with Crippen molar-refractivity contribution in [3.05, 3.63) is 76.2 Å². The summed E-state index contributed by atoms with van der Waals surface area (Å²) >= 11 is 1.64. The Morgan fingerprint density at radius 1 is 1.11 bits per heavy atom. The van der Waals surface area contributed by atoms with Gasteiger partial charge in [0.15, 0.2) is 0 Å². The van der Waals surface area contributed by atoms with Gasteiger partial charge >= 0.3 is 0 Å². The highest BCUT2D eigenvalue weighted by atomic mass is 32.2. The largest absolute Gasteiger partial charge is 0.497 e. The molecular formula is C28H33FN2O5S2. The van der Waals surface area contributed by atoms with Crippen molar-refractivity contribution in [3.63, 3.8) is 0 Å². The van der Waals surface area contributed by atoms with Crippen molar-refractivity contribution < 1.29 is 27.1 Å². The van der Waals surface area contributed by atoms with E-state index in [1.54, 1.807) is 40.5 Å². The van der Waals surface area contributed by atoms with Crippen LogP contribution in [0.4, 0.5) is 4.39 Å². The van der Waals surface area contributed by atoms with Gasteiger partial charge in [-0.3, -0.25) is 4.79 Å². The standard InChI is InChI=1S/C28H33FN2O5S2/c1-20(2)12-15-30(38(33,34)24-10-8-22(35-3)9-11-24)18-28(32)31-16-13-27-25(14-17-37-27)26(31)19-36-23-6-4-21(29)5-7-23/h4-11,14,17,20,26H,12-13,15-16,18-19H2,1-3H3. The maximum absolute atomic E-state index is 13.7. The molecule has 1 amide bonds. The molecule has 3 aromatic rings. The number of methoxy groups -OCH3 is 1. The Morgan fingerprint density at radius 3 is 2.45 bits per heavy atom. The molecule has 204 valence electrons. The maximum atomic E-state index is 13.7. The van der Waals surface area contributed by atoms with Crippen LogP contribution in [-0.2, 0) is 21.2 Å². The van der Waals surface area contributed by atoms with Gasteiger partial charge in [-0.1, -0.05) is 13.8 Å². The highest BCUT2D eigenvalue weighted by molar-refractivity contribution is 7.89. The number of rotatable bonds is 11. The Morgan fingerprint density at radius 2 is 1.79 bits per heavy atom. The topological polar surface area (TPSA) is 76.2 Å². The van der Waals surface area contributed by atoms with E-state index >= 15 is 0 Å². The smallest absolute Gasteiger partial charge is 0.243 e. The summed E-state index contributed by atoms with van der Waals surface area (Å²) in [7, 11) is -2.40. The third-order valence-corrected chi connectivity index (χ3v) is 9.46. The summed E-state index contributed by atoms with van der Waals surface area (Å²) < 4.78 is 52.9. The van der Waals surface area contributed by atoms with E-state index in [2.05, 4.69) is 0 Å². The van der Waals surface area contributed by atoms with Gasteiger partial charge in [-0.2, -0.15) is 4.31 Å². The molecule has 0 N–H and O–H groups in total. The molecule has 1 aliphatic heterocycles. The van der Waals surface area contributed by atoms with E-state index in [1.165, 1.54) is 40.6 Å². The van der Waals surface area contributed by atoms with Crippen molar-refractivity contribution in [1.82, 2.24) is 9.21 Å². The van der Waals surface area contributed by atoms with Gasteiger partial charge in [0.05, 0.1) is 24.6 Å². The normalized spacial score (nSPS) is 15.5. The summed E-state index contributed by atoms with van der Waals surface area (Å²) in [6.45, 7) is 4.64. The third kappa shape index (κ3) is 6.54. The van der Waals surface area contributed by atoms with Gasteiger partial charge in [0.1, 0.15) is 23.9 Å². The predicted molar refractivity (Wildman–Crippen MR) is 146 cm³/mol. The molecule has 0 radical (unpaired) electrons. The summed E-state index contributed by atoms with van der Waals surface area (Å²) in [6.07, 6.45) is 1.32. The SMILES string of the molecule is COc1ccc(S(=O)(=O)N(CCC(C)C)CC(=O)N2CCc3sccc3C2COc2ccc(F)cc2)cc1. The molecule has 0 spiro atoms. The van der Waals surface area contributed by atoms with Crippen molar-refractivity contribution in [3.8, 4) is 11.5 Å². The fraction of sp³-hybridized carbons (Fsp3) is 0.393. The number of amides is 1. The summed E-state index contributed by atoms with van der Waals surface area (Å²) in [5.74, 6) is 0.681. The number of halogens is 1. The Kier molecular flexibility index (Phi) is 9.07. The lowest BCUT2D eigenvalue weighted by molar-refractivity contribution is -0.135. The van der Waals surface area contributed by atoms with Gasteiger partial charge in [0, 0.05) is 18.0 Å². The average molecular weight is 561 g/mol. The highest BCUT2D eigenvalue weighted by Gasteiger charge is 2.35. The molecule has 1 aliphatic rings. The van der Waals surface area contributed by atoms with Gasteiger partial charge in [-0.05, 0) is 84.3 Å². The minimum Gasteiger partial charge on any atom is -0.497 e. The van der Waals surface area contributed by atoms with E-state index in [4.69, 9.17) is 9.47 Å². The van der Waals surface area contributed by atoms with E-state index in [9.17, 15) is 17.6 Å². The molecule has 7 nitrogen and oxygen atoms in total. The molecule has 0 fully saturated rings. The van der Waals surface area contributed by atoms with Crippen LogP contribution in [0.1, 0.15) is 36.8 Å². The first-order valence-corrected chi connectivity index (χ1v) is 14.9. The Hall–Kier alpha value is -2.95. The molecule has 1 unspecified atom stereocenters. The maximum Gasteiger partial charge on any atom is 0.243 e. The zero-order chi connectivity index (χ0) is 27.3. The highest BCUT2D eigenvalue weighted by Crippen LogP contribution is 2.34. The number of sulfonamides is 1. The van der Waals surface area contributed by atoms with E-state index in [0.29, 0.717) is 30.9 Å². The second-order valence-electron chi connectivity index (χ2n) is 9.61. The number of hydrogen-bond acceptors (Lipinski definition) is 6. The minimum absolute atomic E-state index is 0.116. The second kappa shape index (κ2) is 12.3. The Balaban J connectivity index is 1.56. The number of fused-ring (bicyclic) bond motifs is 1. The molecular weight excluding hydrogens is 527 g/mol. The van der Waals surface area contributed by atoms with E-state index < -0.39 is 10.0 Å². The van der Waals surface area contributed by atoms with E-state index in [0.717, 1.165) is 5.56 Å². The molecule has 1 aromatic heterocycles. The van der Waals surface area contributed by atoms with Gasteiger partial charge in [-0.15, -0.1) is 11.3 Å². The van der Waals surface area contributed by atoms with Crippen LogP contribution in [-0.4, -0.2) is 56.9 Å². The van der Waals surface area contributed by atoms with Crippen LogP contribution in [0.3, 0.4) is 0 Å². The first-order valence-electron chi connectivity index (χ1n) is 12.6. The van der Waals surface area contributed by atoms with Gasteiger partial charge in [0.2, 0.25) is 15.9 Å². The first-order chi connectivity index (χ1) is 18.2. The molecule has 0 bridgehead atoms. The monoisotopic (exact) mass is 560 g/mol. The summed E-state index contributed by atoms with van der Waals surface area (Å²) in [5.41, 5.74) is 1.00. The van der Waals surface area contributed by atoms with Crippen LogP contribution < -0.4 is 9.47 Å². The van der Waals surface area contributed by atoms with Crippen LogP contribution in [0.25, 0.3) is 0 Å². The molecule has 1 atom stereocenters. The molecule has 4 rings (SSSR count). The quantitative estimate of drug-likeness (QED) is 0.325. The van der Waals surface area contributed by atoms with Crippen molar-refractivity contribution >= 4 is 27.3 Å². The average Bonchev–Trinajstić information content (AvgIpc) is 3.39. The summed E-state index contributed by atoms with van der Waals surface area (Å²) in [6, 6.07) is 13.6. The lowest BCUT2D eigenvalue weighted by Gasteiger charge is -2.37. The van der Waals surface area contributed by atoms with Crippen LogP contribution >= 0.6 is 11.3 Å². The molecule has 0 saturated carbocycles. The molecule has 2 aromatic carbocycles. The minimum atomic E-state index is -3.92. The molecule has 0 aliphatic carbocycles. The second-order valence-corrected chi connectivity index (χ2v) is 12.6. The van der Waals surface area contributed by atoms with Crippen LogP contribution in [0.5, 0.6) is 11.5 Å². The molecule has 38 heavy (non-hydrogen) atoms. The van der Waals surface area contributed by atoms with Crippen molar-refractivity contribution in [2.45, 2.75) is 37.6 Å². The van der Waals surface area contributed by atoms with Crippen LogP contribution in [0.2, 0.25) is 0 Å².